The zero-order valence-electron chi connectivity index (χ0n) is 11.0. The fourth-order valence-corrected chi connectivity index (χ4v) is 2.78. The van der Waals surface area contributed by atoms with Crippen molar-refractivity contribution in [2.45, 2.75) is 25.4 Å². The minimum atomic E-state index is -3.83. The number of hydrogen-bond acceptors (Lipinski definition) is 4. The molecule has 1 unspecified atom stereocenters. The molecule has 0 aromatic carbocycles. The zero-order chi connectivity index (χ0) is 14.7. The van der Waals surface area contributed by atoms with Crippen molar-refractivity contribution < 1.29 is 23.5 Å². The van der Waals surface area contributed by atoms with Gasteiger partial charge in [-0.25, -0.2) is 0 Å². The maximum Gasteiger partial charge on any atom is 0.356 e. The van der Waals surface area contributed by atoms with Gasteiger partial charge in [0.25, 0.3) is 0 Å². The zero-order valence-corrected chi connectivity index (χ0v) is 11.9. The van der Waals surface area contributed by atoms with E-state index in [4.69, 9.17) is 14.2 Å². The van der Waals surface area contributed by atoms with E-state index in [2.05, 4.69) is 25.0 Å². The number of rotatable bonds is 10. The fourth-order valence-electron chi connectivity index (χ4n) is 1.13. The smallest absolute Gasteiger partial charge is 0.356 e. The lowest BCUT2D eigenvalue weighted by atomic mass is 10.4. The lowest BCUT2D eigenvalue weighted by Gasteiger charge is -2.20. The highest BCUT2D eigenvalue weighted by atomic mass is 31.2. The first-order valence-corrected chi connectivity index (χ1v) is 7.38. The SMILES string of the molecule is C=CCCOP(=O)(OCCC=C)C(C#CC)C(=O)O. The van der Waals surface area contributed by atoms with Crippen LogP contribution in [0.4, 0.5) is 0 Å². The molecule has 0 aliphatic rings. The quantitative estimate of drug-likeness (QED) is 0.289. The van der Waals surface area contributed by atoms with E-state index in [0.717, 1.165) is 0 Å². The highest BCUT2D eigenvalue weighted by molar-refractivity contribution is 7.56. The van der Waals surface area contributed by atoms with Gasteiger partial charge in [-0.05, 0) is 19.8 Å². The minimum Gasteiger partial charge on any atom is -0.480 e. The van der Waals surface area contributed by atoms with Gasteiger partial charge in [0.2, 0.25) is 5.66 Å². The lowest BCUT2D eigenvalue weighted by Crippen LogP contribution is -2.22. The van der Waals surface area contributed by atoms with Crippen molar-refractivity contribution >= 4 is 13.6 Å². The number of aliphatic carboxylic acids is 1. The normalized spacial score (nSPS) is 12.1. The maximum atomic E-state index is 12.5. The second-order valence-corrected chi connectivity index (χ2v) is 5.61. The Morgan fingerprint density at radius 2 is 1.79 bits per heavy atom. The third kappa shape index (κ3) is 6.40. The molecule has 0 aromatic heterocycles. The van der Waals surface area contributed by atoms with Crippen molar-refractivity contribution in [3.05, 3.63) is 25.3 Å². The van der Waals surface area contributed by atoms with E-state index in [1.54, 1.807) is 12.2 Å². The Bertz CT molecular complexity index is 400. The van der Waals surface area contributed by atoms with Crippen LogP contribution in [0.5, 0.6) is 0 Å². The second-order valence-electron chi connectivity index (χ2n) is 3.50. The third-order valence-electron chi connectivity index (χ3n) is 2.02. The van der Waals surface area contributed by atoms with Gasteiger partial charge < -0.3 is 14.2 Å². The summed E-state index contributed by atoms with van der Waals surface area (Å²) in [4.78, 5) is 11.1. The van der Waals surface area contributed by atoms with Crippen LogP contribution in [0.15, 0.2) is 25.3 Å². The highest BCUT2D eigenvalue weighted by Gasteiger charge is 2.40. The van der Waals surface area contributed by atoms with E-state index in [9.17, 15) is 9.36 Å². The number of carbonyl (C=O) groups is 1. The summed E-state index contributed by atoms with van der Waals surface area (Å²) < 4.78 is 22.8. The third-order valence-corrected chi connectivity index (χ3v) is 4.08. The van der Waals surface area contributed by atoms with Crippen LogP contribution in [0.2, 0.25) is 0 Å². The molecule has 0 aliphatic carbocycles. The number of carboxylic acid groups (broad SMARTS) is 1. The van der Waals surface area contributed by atoms with Crippen LogP contribution in [0.3, 0.4) is 0 Å². The Kier molecular flexibility index (Phi) is 8.90. The molecule has 0 aromatic rings. The van der Waals surface area contributed by atoms with E-state index in [1.807, 2.05) is 0 Å². The minimum absolute atomic E-state index is 0.0735. The van der Waals surface area contributed by atoms with Crippen molar-refractivity contribution in [1.82, 2.24) is 0 Å². The van der Waals surface area contributed by atoms with Gasteiger partial charge in [0.05, 0.1) is 13.2 Å². The monoisotopic (exact) mass is 286 g/mol. The Morgan fingerprint density at radius 1 is 1.32 bits per heavy atom. The van der Waals surface area contributed by atoms with Crippen LogP contribution in [0.1, 0.15) is 19.8 Å². The molecule has 6 heteroatoms. The van der Waals surface area contributed by atoms with Crippen LogP contribution in [-0.2, 0) is 18.4 Å². The van der Waals surface area contributed by atoms with Crippen LogP contribution >= 0.6 is 7.60 Å². The van der Waals surface area contributed by atoms with Gasteiger partial charge in [-0.2, -0.15) is 0 Å². The average Bonchev–Trinajstić information content (AvgIpc) is 2.36. The first-order chi connectivity index (χ1) is 9.01. The summed E-state index contributed by atoms with van der Waals surface area (Å²) in [5, 5.41) is 9.08. The fraction of sp³-hybridized carbons (Fsp3) is 0.462. The Labute approximate surface area is 113 Å². The van der Waals surface area contributed by atoms with E-state index in [1.165, 1.54) is 6.92 Å². The molecular formula is C13H19O5P. The van der Waals surface area contributed by atoms with Gasteiger partial charge >= 0.3 is 13.6 Å². The van der Waals surface area contributed by atoms with Gasteiger partial charge in [-0.3, -0.25) is 9.36 Å². The van der Waals surface area contributed by atoms with Crippen molar-refractivity contribution in [2.75, 3.05) is 13.2 Å². The molecule has 1 atom stereocenters. The summed E-state index contributed by atoms with van der Waals surface area (Å²) in [5.41, 5.74) is -1.48. The lowest BCUT2D eigenvalue weighted by molar-refractivity contribution is -0.135. The first-order valence-electron chi connectivity index (χ1n) is 5.77. The molecular weight excluding hydrogens is 267 g/mol. The molecule has 0 amide bonds. The summed E-state index contributed by atoms with van der Waals surface area (Å²) in [6, 6.07) is 0. The van der Waals surface area contributed by atoms with Crippen molar-refractivity contribution in [2.24, 2.45) is 0 Å². The predicted octanol–water partition coefficient (Wildman–Crippen LogP) is 2.84. The number of hydrogen-bond donors (Lipinski definition) is 1. The molecule has 0 saturated carbocycles. The van der Waals surface area contributed by atoms with Crippen molar-refractivity contribution in [3.8, 4) is 11.8 Å². The molecule has 106 valence electrons. The molecule has 5 nitrogen and oxygen atoms in total. The van der Waals surface area contributed by atoms with E-state index in [-0.39, 0.29) is 13.2 Å². The second kappa shape index (κ2) is 9.57. The summed E-state index contributed by atoms with van der Waals surface area (Å²) in [6.07, 6.45) is 4.05. The number of carboxylic acids is 1. The topological polar surface area (TPSA) is 72.8 Å². The molecule has 0 radical (unpaired) electrons. The Hall–Kier alpha value is -1.34. The van der Waals surface area contributed by atoms with Crippen LogP contribution in [0.25, 0.3) is 0 Å². The van der Waals surface area contributed by atoms with E-state index < -0.39 is 19.2 Å². The average molecular weight is 286 g/mol. The van der Waals surface area contributed by atoms with Gasteiger partial charge in [-0.15, -0.1) is 19.1 Å². The highest BCUT2D eigenvalue weighted by Crippen LogP contribution is 2.53. The molecule has 0 saturated heterocycles. The molecule has 0 rings (SSSR count). The molecule has 0 bridgehead atoms. The van der Waals surface area contributed by atoms with Crippen LogP contribution < -0.4 is 0 Å². The molecule has 0 spiro atoms. The maximum absolute atomic E-state index is 12.5. The summed E-state index contributed by atoms with van der Waals surface area (Å²) in [6.45, 7) is 8.62. The van der Waals surface area contributed by atoms with Crippen molar-refractivity contribution in [1.29, 1.82) is 0 Å². The predicted molar refractivity (Wildman–Crippen MR) is 74.0 cm³/mol. The summed E-state index contributed by atoms with van der Waals surface area (Å²) >= 11 is 0. The van der Waals surface area contributed by atoms with Gasteiger partial charge in [0.1, 0.15) is 0 Å². The molecule has 0 aliphatic heterocycles. The Morgan fingerprint density at radius 3 is 2.11 bits per heavy atom. The van der Waals surface area contributed by atoms with E-state index >= 15 is 0 Å². The molecule has 0 fully saturated rings. The Balaban J connectivity index is 5.00. The standard InChI is InChI=1S/C13H19O5P/c1-4-7-10-17-19(16,18-11-8-5-2)12(9-6-3)13(14)15/h4-5,12H,1-2,7-8,10-11H2,3H3,(H,14,15). The van der Waals surface area contributed by atoms with Crippen molar-refractivity contribution in [3.63, 3.8) is 0 Å². The van der Waals surface area contributed by atoms with Gasteiger partial charge in [0, 0.05) is 0 Å². The molecule has 0 heterocycles. The summed E-state index contributed by atoms with van der Waals surface area (Å²) in [7, 11) is -3.83. The first kappa shape index (κ1) is 17.7. The van der Waals surface area contributed by atoms with Gasteiger partial charge in [-0.1, -0.05) is 18.1 Å². The van der Waals surface area contributed by atoms with E-state index in [0.29, 0.717) is 12.8 Å². The summed E-state index contributed by atoms with van der Waals surface area (Å²) in [5.74, 6) is 3.47. The van der Waals surface area contributed by atoms with Crippen LogP contribution in [-0.4, -0.2) is 29.9 Å². The van der Waals surface area contributed by atoms with Crippen LogP contribution in [0, 0.1) is 11.8 Å². The van der Waals surface area contributed by atoms with Gasteiger partial charge in [0.15, 0.2) is 0 Å². The molecule has 19 heavy (non-hydrogen) atoms. The largest absolute Gasteiger partial charge is 0.480 e. The molecule has 1 N–H and O–H groups in total.